The standard InChI is InChI=1S/C27H28N2O4S/c1-19-12-13-24(20(2)16-19)34-25-11-7-6-10-22(25)29-15-14-28-17-23(29)27(31)33-18-32-26(30)21-8-4-3-5-9-21/h3-13,16,23,28H,14-15,17-18H2,1-2H3. The van der Waals surface area contributed by atoms with Gasteiger partial charge in [-0.25, -0.2) is 9.59 Å². The summed E-state index contributed by atoms with van der Waals surface area (Å²) in [5, 5.41) is 3.27. The Hall–Kier alpha value is -3.29. The first-order chi connectivity index (χ1) is 16.5. The molecule has 6 nitrogen and oxygen atoms in total. The van der Waals surface area contributed by atoms with Crippen LogP contribution in [0.5, 0.6) is 0 Å². The van der Waals surface area contributed by atoms with Gasteiger partial charge in [-0.3, -0.25) is 0 Å². The summed E-state index contributed by atoms with van der Waals surface area (Å²) in [6.07, 6.45) is 0. The summed E-state index contributed by atoms with van der Waals surface area (Å²) < 4.78 is 10.5. The molecule has 1 heterocycles. The van der Waals surface area contributed by atoms with E-state index in [-0.39, 0.29) is 0 Å². The third kappa shape index (κ3) is 5.79. The van der Waals surface area contributed by atoms with Crippen LogP contribution in [0, 0.1) is 13.8 Å². The number of para-hydroxylation sites is 1. The van der Waals surface area contributed by atoms with Gasteiger partial charge < -0.3 is 19.7 Å². The second-order valence-corrected chi connectivity index (χ2v) is 9.21. The Labute approximate surface area is 204 Å². The van der Waals surface area contributed by atoms with Crippen LogP contribution in [0.1, 0.15) is 21.5 Å². The van der Waals surface area contributed by atoms with E-state index < -0.39 is 24.8 Å². The number of hydrogen-bond donors (Lipinski definition) is 1. The average molecular weight is 477 g/mol. The Balaban J connectivity index is 1.45. The number of carbonyl (C=O) groups excluding carboxylic acids is 2. The van der Waals surface area contributed by atoms with Crippen molar-refractivity contribution in [2.75, 3.05) is 31.3 Å². The molecule has 0 radical (unpaired) electrons. The number of piperazine rings is 1. The Morgan fingerprint density at radius 1 is 0.971 bits per heavy atom. The number of anilines is 1. The van der Waals surface area contributed by atoms with Gasteiger partial charge in [0.1, 0.15) is 6.04 Å². The lowest BCUT2D eigenvalue weighted by molar-refractivity contribution is -0.154. The van der Waals surface area contributed by atoms with Crippen molar-refractivity contribution in [3.63, 3.8) is 0 Å². The summed E-state index contributed by atoms with van der Waals surface area (Å²) in [4.78, 5) is 29.4. The van der Waals surface area contributed by atoms with E-state index in [1.54, 1.807) is 36.0 Å². The molecule has 1 fully saturated rings. The number of nitrogens with one attached hydrogen (secondary N) is 1. The van der Waals surface area contributed by atoms with E-state index in [1.165, 1.54) is 16.0 Å². The van der Waals surface area contributed by atoms with E-state index in [4.69, 9.17) is 9.47 Å². The number of nitrogens with zero attached hydrogens (tertiary/aromatic N) is 1. The monoisotopic (exact) mass is 476 g/mol. The second-order valence-electron chi connectivity index (χ2n) is 8.13. The molecule has 176 valence electrons. The lowest BCUT2D eigenvalue weighted by atomic mass is 10.1. The third-order valence-electron chi connectivity index (χ3n) is 5.64. The highest BCUT2D eigenvalue weighted by molar-refractivity contribution is 7.99. The molecule has 1 unspecified atom stereocenters. The number of carbonyl (C=O) groups is 2. The third-order valence-corrected chi connectivity index (χ3v) is 6.88. The maximum Gasteiger partial charge on any atom is 0.340 e. The molecule has 0 aromatic heterocycles. The molecule has 3 aromatic carbocycles. The topological polar surface area (TPSA) is 67.9 Å². The molecule has 1 saturated heterocycles. The van der Waals surface area contributed by atoms with Gasteiger partial charge in [0.05, 0.1) is 11.3 Å². The number of esters is 2. The van der Waals surface area contributed by atoms with Crippen molar-refractivity contribution in [2.24, 2.45) is 0 Å². The molecular weight excluding hydrogens is 448 g/mol. The fourth-order valence-electron chi connectivity index (χ4n) is 3.91. The average Bonchev–Trinajstić information content (AvgIpc) is 2.86. The zero-order valence-electron chi connectivity index (χ0n) is 19.3. The first-order valence-electron chi connectivity index (χ1n) is 11.2. The van der Waals surface area contributed by atoms with Gasteiger partial charge >= 0.3 is 11.9 Å². The maximum atomic E-state index is 13.0. The summed E-state index contributed by atoms with van der Waals surface area (Å²) in [5.41, 5.74) is 3.85. The molecule has 1 atom stereocenters. The lowest BCUT2D eigenvalue weighted by Gasteiger charge is -2.37. The van der Waals surface area contributed by atoms with Crippen LogP contribution in [0.25, 0.3) is 0 Å². The van der Waals surface area contributed by atoms with Crippen molar-refractivity contribution >= 4 is 29.4 Å². The van der Waals surface area contributed by atoms with E-state index in [2.05, 4.69) is 48.3 Å². The summed E-state index contributed by atoms with van der Waals surface area (Å²) in [6, 6.07) is 22.6. The fourth-order valence-corrected chi connectivity index (χ4v) is 4.94. The van der Waals surface area contributed by atoms with E-state index in [1.807, 2.05) is 24.3 Å². The van der Waals surface area contributed by atoms with Crippen LogP contribution in [0.2, 0.25) is 0 Å². The summed E-state index contributed by atoms with van der Waals surface area (Å²) in [6.45, 7) is 5.65. The molecule has 7 heteroatoms. The van der Waals surface area contributed by atoms with Crippen molar-refractivity contribution in [3.05, 3.63) is 89.5 Å². The first kappa shape index (κ1) is 23.9. The van der Waals surface area contributed by atoms with Crippen molar-refractivity contribution in [1.82, 2.24) is 5.32 Å². The molecule has 4 rings (SSSR count). The van der Waals surface area contributed by atoms with Crippen LogP contribution in [-0.2, 0) is 14.3 Å². The largest absolute Gasteiger partial charge is 0.426 e. The van der Waals surface area contributed by atoms with Gasteiger partial charge in [-0.2, -0.15) is 0 Å². The Kier molecular flexibility index (Phi) is 7.87. The van der Waals surface area contributed by atoms with Crippen molar-refractivity contribution in [2.45, 2.75) is 29.7 Å². The molecule has 0 amide bonds. The predicted molar refractivity (Wildman–Crippen MR) is 133 cm³/mol. The molecule has 1 aliphatic heterocycles. The van der Waals surface area contributed by atoms with E-state index in [9.17, 15) is 9.59 Å². The highest BCUT2D eigenvalue weighted by atomic mass is 32.2. The van der Waals surface area contributed by atoms with Crippen molar-refractivity contribution in [3.8, 4) is 0 Å². The quantitative estimate of drug-likeness (QED) is 0.395. The zero-order chi connectivity index (χ0) is 23.9. The highest BCUT2D eigenvalue weighted by Crippen LogP contribution is 2.38. The predicted octanol–water partition coefficient (Wildman–Crippen LogP) is 4.59. The molecule has 34 heavy (non-hydrogen) atoms. The Morgan fingerprint density at radius 3 is 2.53 bits per heavy atom. The van der Waals surface area contributed by atoms with Gasteiger partial charge in [0.25, 0.3) is 0 Å². The van der Waals surface area contributed by atoms with Gasteiger partial charge in [0.2, 0.25) is 6.79 Å². The van der Waals surface area contributed by atoms with E-state index in [0.29, 0.717) is 18.7 Å². The number of ether oxygens (including phenoxy) is 2. The number of benzene rings is 3. The van der Waals surface area contributed by atoms with Gasteiger partial charge in [-0.05, 0) is 49.7 Å². The van der Waals surface area contributed by atoms with Gasteiger partial charge in [-0.15, -0.1) is 0 Å². The zero-order valence-corrected chi connectivity index (χ0v) is 20.1. The van der Waals surface area contributed by atoms with Crippen LogP contribution in [0.15, 0.2) is 82.6 Å². The molecule has 0 saturated carbocycles. The van der Waals surface area contributed by atoms with Gasteiger partial charge in [0.15, 0.2) is 0 Å². The fraction of sp³-hybridized carbons (Fsp3) is 0.259. The minimum atomic E-state index is -0.526. The second kappa shape index (κ2) is 11.2. The normalized spacial score (nSPS) is 15.6. The molecule has 3 aromatic rings. The summed E-state index contributed by atoms with van der Waals surface area (Å²) in [7, 11) is 0. The molecule has 0 bridgehead atoms. The SMILES string of the molecule is Cc1ccc(Sc2ccccc2N2CCNCC2C(=O)OCOC(=O)c2ccccc2)c(C)c1. The molecular formula is C27H28N2O4S. The van der Waals surface area contributed by atoms with Gasteiger partial charge in [0, 0.05) is 29.4 Å². The number of rotatable bonds is 7. The number of aryl methyl sites for hydroxylation is 2. The maximum absolute atomic E-state index is 13.0. The van der Waals surface area contributed by atoms with Crippen molar-refractivity contribution < 1.29 is 19.1 Å². The minimum Gasteiger partial charge on any atom is -0.426 e. The van der Waals surface area contributed by atoms with Gasteiger partial charge in [-0.1, -0.05) is 59.8 Å². The van der Waals surface area contributed by atoms with Crippen LogP contribution < -0.4 is 10.2 Å². The Bertz CT molecular complexity index is 1150. The highest BCUT2D eigenvalue weighted by Gasteiger charge is 2.31. The van der Waals surface area contributed by atoms with Crippen LogP contribution >= 0.6 is 11.8 Å². The first-order valence-corrected chi connectivity index (χ1v) is 12.0. The summed E-state index contributed by atoms with van der Waals surface area (Å²) >= 11 is 1.69. The number of hydrogen-bond acceptors (Lipinski definition) is 7. The van der Waals surface area contributed by atoms with Crippen LogP contribution in [-0.4, -0.2) is 44.4 Å². The molecule has 0 spiro atoms. The van der Waals surface area contributed by atoms with Crippen LogP contribution in [0.3, 0.4) is 0 Å². The lowest BCUT2D eigenvalue weighted by Crippen LogP contribution is -2.56. The summed E-state index contributed by atoms with van der Waals surface area (Å²) in [5.74, 6) is -0.957. The molecule has 0 aliphatic carbocycles. The smallest absolute Gasteiger partial charge is 0.340 e. The van der Waals surface area contributed by atoms with E-state index in [0.717, 1.165) is 17.1 Å². The minimum absolute atomic E-state index is 0.414. The molecule has 1 aliphatic rings. The molecule has 1 N–H and O–H groups in total. The Morgan fingerprint density at radius 2 is 1.74 bits per heavy atom. The van der Waals surface area contributed by atoms with E-state index >= 15 is 0 Å². The van der Waals surface area contributed by atoms with Crippen molar-refractivity contribution in [1.29, 1.82) is 0 Å². The van der Waals surface area contributed by atoms with Crippen LogP contribution in [0.4, 0.5) is 5.69 Å².